The molecule has 0 bridgehead atoms. The first-order valence-corrected chi connectivity index (χ1v) is 6.11. The molecule has 0 amide bonds. The molecular weight excluding hydrogens is 413 g/mol. The van der Waals surface area contributed by atoms with Crippen LogP contribution in [0.1, 0.15) is 11.6 Å². The maximum Gasteiger partial charge on any atom is 0.144 e. The van der Waals surface area contributed by atoms with Gasteiger partial charge in [-0.3, -0.25) is 0 Å². The molecule has 2 nitrogen and oxygen atoms in total. The van der Waals surface area contributed by atoms with Crippen LogP contribution in [0.15, 0.2) is 32.1 Å². The number of benzene rings is 1. The predicted molar refractivity (Wildman–Crippen MR) is 75.6 cm³/mol. The Morgan fingerprint density at radius 1 is 1.33 bits per heavy atom. The Morgan fingerprint density at radius 3 is 2.33 bits per heavy atom. The van der Waals surface area contributed by atoms with Gasteiger partial charge in [-0.1, -0.05) is 22.0 Å². The van der Waals surface area contributed by atoms with Gasteiger partial charge in [0.05, 0.1) is 15.0 Å². The van der Waals surface area contributed by atoms with E-state index in [0.29, 0.717) is 8.95 Å². The molecule has 6 heteroatoms. The van der Waals surface area contributed by atoms with Crippen LogP contribution in [0.5, 0.6) is 5.75 Å². The van der Waals surface area contributed by atoms with Crippen molar-refractivity contribution in [3.05, 3.63) is 37.7 Å². The van der Waals surface area contributed by atoms with E-state index >= 15 is 0 Å². The average Bonchev–Trinajstić information content (AvgIpc) is 2.14. The minimum absolute atomic E-state index is 0. The van der Waals surface area contributed by atoms with Crippen LogP contribution >= 0.6 is 60.2 Å². The Morgan fingerprint density at radius 2 is 1.87 bits per heavy atom. The summed E-state index contributed by atoms with van der Waals surface area (Å²) in [5, 5.41) is 9.65. The van der Waals surface area contributed by atoms with E-state index in [9.17, 15) is 5.11 Å². The number of phenols is 1. The molecule has 3 N–H and O–H groups in total. The van der Waals surface area contributed by atoms with Crippen molar-refractivity contribution >= 4 is 60.2 Å². The van der Waals surface area contributed by atoms with Gasteiger partial charge < -0.3 is 10.8 Å². The maximum atomic E-state index is 9.65. The number of phenolic OH excluding ortho intramolecular Hbond substituents is 1. The highest BCUT2D eigenvalue weighted by molar-refractivity contribution is 9.11. The van der Waals surface area contributed by atoms with E-state index < -0.39 is 0 Å². The van der Waals surface area contributed by atoms with Crippen LogP contribution in [-0.2, 0) is 0 Å². The molecule has 1 rings (SSSR count). The molecule has 0 saturated carbocycles. The fourth-order valence-corrected chi connectivity index (χ4v) is 3.67. The van der Waals surface area contributed by atoms with E-state index in [2.05, 4.69) is 54.4 Å². The zero-order valence-electron chi connectivity index (χ0n) is 7.51. The average molecular weight is 422 g/mol. The Bertz CT molecular complexity index is 384. The third kappa shape index (κ3) is 3.20. The number of halogens is 4. The Balaban J connectivity index is 0.00000196. The Labute approximate surface area is 120 Å². The van der Waals surface area contributed by atoms with Crippen LogP contribution in [0.25, 0.3) is 0 Å². The monoisotopic (exact) mass is 419 g/mol. The highest BCUT2D eigenvalue weighted by Crippen LogP contribution is 2.41. The molecule has 84 valence electrons. The van der Waals surface area contributed by atoms with Crippen LogP contribution in [0, 0.1) is 0 Å². The third-order valence-corrected chi connectivity index (χ3v) is 3.83. The summed E-state index contributed by atoms with van der Waals surface area (Å²) in [5.41, 5.74) is 6.59. The van der Waals surface area contributed by atoms with Gasteiger partial charge in [-0.05, 0) is 37.9 Å². The molecule has 0 aliphatic heterocycles. The first-order valence-electron chi connectivity index (χ1n) is 3.73. The molecule has 1 aromatic carbocycles. The lowest BCUT2D eigenvalue weighted by Gasteiger charge is -2.14. The van der Waals surface area contributed by atoms with Gasteiger partial charge in [0.25, 0.3) is 0 Å². The molecule has 15 heavy (non-hydrogen) atoms. The molecule has 0 aliphatic carbocycles. The molecule has 1 atom stereocenters. The molecule has 0 aliphatic rings. The van der Waals surface area contributed by atoms with Crippen molar-refractivity contribution < 1.29 is 5.11 Å². The summed E-state index contributed by atoms with van der Waals surface area (Å²) in [6, 6.07) is 1.43. The zero-order valence-corrected chi connectivity index (χ0v) is 13.1. The van der Waals surface area contributed by atoms with Crippen LogP contribution in [0.4, 0.5) is 0 Å². The minimum Gasteiger partial charge on any atom is -0.506 e. The second-order valence-electron chi connectivity index (χ2n) is 2.68. The topological polar surface area (TPSA) is 46.2 Å². The van der Waals surface area contributed by atoms with Crippen molar-refractivity contribution in [2.75, 3.05) is 0 Å². The summed E-state index contributed by atoms with van der Waals surface area (Å²) >= 11 is 9.89. The van der Waals surface area contributed by atoms with Crippen molar-refractivity contribution in [3.63, 3.8) is 0 Å². The van der Waals surface area contributed by atoms with Gasteiger partial charge in [0.2, 0.25) is 0 Å². The van der Waals surface area contributed by atoms with Crippen LogP contribution in [0.2, 0.25) is 0 Å². The van der Waals surface area contributed by atoms with Crippen molar-refractivity contribution in [1.29, 1.82) is 0 Å². The van der Waals surface area contributed by atoms with Gasteiger partial charge in [0, 0.05) is 10.0 Å². The minimum atomic E-state index is -0.322. The summed E-state index contributed by atoms with van der Waals surface area (Å²) in [7, 11) is 0. The summed E-state index contributed by atoms with van der Waals surface area (Å²) in [4.78, 5) is 0. The fourth-order valence-electron chi connectivity index (χ4n) is 1.02. The maximum absolute atomic E-state index is 9.65. The lowest BCUT2D eigenvalue weighted by Crippen LogP contribution is -2.08. The highest BCUT2D eigenvalue weighted by atomic mass is 79.9. The summed E-state index contributed by atoms with van der Waals surface area (Å²) in [5.74, 6) is 0.139. The molecule has 0 unspecified atom stereocenters. The quantitative estimate of drug-likeness (QED) is 0.699. The first kappa shape index (κ1) is 15.4. The molecule has 1 aromatic rings. The summed E-state index contributed by atoms with van der Waals surface area (Å²) < 4.78 is 2.00. The van der Waals surface area contributed by atoms with Crippen LogP contribution in [-0.4, -0.2) is 5.11 Å². The lowest BCUT2D eigenvalue weighted by molar-refractivity contribution is 0.467. The van der Waals surface area contributed by atoms with E-state index in [-0.39, 0.29) is 24.2 Å². The van der Waals surface area contributed by atoms with Gasteiger partial charge in [-0.15, -0.1) is 19.0 Å². The van der Waals surface area contributed by atoms with Crippen LogP contribution in [0.3, 0.4) is 0 Å². The normalized spacial score (nSPS) is 11.7. The van der Waals surface area contributed by atoms with Gasteiger partial charge >= 0.3 is 0 Å². The molecular formula is C9H9Br3ClNO. The smallest absolute Gasteiger partial charge is 0.144 e. The fraction of sp³-hybridized carbons (Fsp3) is 0.111. The number of hydrogen-bond donors (Lipinski definition) is 2. The lowest BCUT2D eigenvalue weighted by atomic mass is 10.1. The highest BCUT2D eigenvalue weighted by Gasteiger charge is 2.16. The van der Waals surface area contributed by atoms with Crippen molar-refractivity contribution in [3.8, 4) is 5.75 Å². The summed E-state index contributed by atoms with van der Waals surface area (Å²) in [6.45, 7) is 3.61. The van der Waals surface area contributed by atoms with E-state index in [0.717, 1.165) is 10.0 Å². The molecule has 0 saturated heterocycles. The number of aromatic hydroxyl groups is 1. The van der Waals surface area contributed by atoms with Gasteiger partial charge in [-0.2, -0.15) is 0 Å². The van der Waals surface area contributed by atoms with Crippen LogP contribution < -0.4 is 5.73 Å². The van der Waals surface area contributed by atoms with E-state index in [1.54, 1.807) is 12.1 Å². The molecule has 0 aromatic heterocycles. The molecule has 0 spiro atoms. The van der Waals surface area contributed by atoms with Gasteiger partial charge in [0.1, 0.15) is 5.75 Å². The summed E-state index contributed by atoms with van der Waals surface area (Å²) in [6.07, 6.45) is 1.61. The number of nitrogens with two attached hydrogens (primary N) is 1. The number of hydrogen-bond acceptors (Lipinski definition) is 2. The van der Waals surface area contributed by atoms with E-state index in [1.165, 1.54) is 0 Å². The largest absolute Gasteiger partial charge is 0.506 e. The van der Waals surface area contributed by atoms with Crippen molar-refractivity contribution in [2.24, 2.45) is 5.73 Å². The zero-order chi connectivity index (χ0) is 10.9. The van der Waals surface area contributed by atoms with Crippen molar-refractivity contribution in [1.82, 2.24) is 0 Å². The Hall–Kier alpha value is 0.450. The van der Waals surface area contributed by atoms with E-state index in [4.69, 9.17) is 5.73 Å². The SMILES string of the molecule is C=C[C@@H](N)c1c(Br)cc(Br)c(O)c1Br.Cl. The molecule has 0 fully saturated rings. The van der Waals surface area contributed by atoms with Crippen molar-refractivity contribution in [2.45, 2.75) is 6.04 Å². The third-order valence-electron chi connectivity index (χ3n) is 1.77. The second kappa shape index (κ2) is 6.25. The molecule has 0 heterocycles. The van der Waals surface area contributed by atoms with Gasteiger partial charge in [0.15, 0.2) is 0 Å². The standard InChI is InChI=1S/C9H8Br3NO.ClH/c1-2-6(13)7-4(10)3-5(11)9(14)8(7)12;/h2-3,6,14H,1,13H2;1H/t6-;/m1./s1. The molecule has 0 radical (unpaired) electrons. The Kier molecular flexibility index (Phi) is 6.44. The predicted octanol–water partition coefficient (Wildman–Crippen LogP) is 4.29. The van der Waals surface area contributed by atoms with Gasteiger partial charge in [-0.25, -0.2) is 0 Å². The van der Waals surface area contributed by atoms with E-state index in [1.807, 2.05) is 0 Å². The number of rotatable bonds is 2. The second-order valence-corrected chi connectivity index (χ2v) is 5.18. The first-order chi connectivity index (χ1) is 6.49.